The van der Waals surface area contributed by atoms with Crippen molar-refractivity contribution in [2.24, 2.45) is 0 Å². The van der Waals surface area contributed by atoms with Crippen molar-refractivity contribution in [2.45, 2.75) is 44.3 Å². The molecule has 1 fully saturated rings. The van der Waals surface area contributed by atoms with E-state index in [2.05, 4.69) is 15.6 Å². The number of hydrogen-bond acceptors (Lipinski definition) is 7. The summed E-state index contributed by atoms with van der Waals surface area (Å²) in [5, 5.41) is 24.2. The third kappa shape index (κ3) is 5.56. The van der Waals surface area contributed by atoms with E-state index >= 15 is 0 Å². The molecule has 1 aromatic heterocycles. The molecule has 0 bridgehead atoms. The molecule has 1 aliphatic heterocycles. The molecule has 0 aliphatic carbocycles. The Bertz CT molecular complexity index is 673. The summed E-state index contributed by atoms with van der Waals surface area (Å²) in [5.41, 5.74) is -1.00. The molecule has 0 spiro atoms. The predicted molar refractivity (Wildman–Crippen MR) is 92.9 cm³/mol. The van der Waals surface area contributed by atoms with Gasteiger partial charge in [0.2, 0.25) is 11.8 Å². The Balaban J connectivity index is 1.85. The van der Waals surface area contributed by atoms with Crippen LogP contribution in [-0.2, 0) is 15.8 Å². The highest BCUT2D eigenvalue weighted by Crippen LogP contribution is 2.35. The molecule has 1 saturated heterocycles. The first-order valence-corrected chi connectivity index (χ1v) is 9.24. The maximum absolute atomic E-state index is 12.6. The van der Waals surface area contributed by atoms with Gasteiger partial charge in [0, 0.05) is 11.9 Å². The van der Waals surface area contributed by atoms with Crippen LogP contribution in [0.3, 0.4) is 0 Å². The summed E-state index contributed by atoms with van der Waals surface area (Å²) in [6.07, 6.45) is -3.12. The molecule has 150 valence electrons. The van der Waals surface area contributed by atoms with Gasteiger partial charge >= 0.3 is 13.3 Å². The highest BCUT2D eigenvalue weighted by molar-refractivity contribution is 7.13. The zero-order chi connectivity index (χ0) is 20.2. The molecule has 27 heavy (non-hydrogen) atoms. The van der Waals surface area contributed by atoms with Gasteiger partial charge in [0.05, 0.1) is 12.5 Å². The average molecular weight is 408 g/mol. The predicted octanol–water partition coefficient (Wildman–Crippen LogP) is 0.154. The van der Waals surface area contributed by atoms with Gasteiger partial charge in [-0.05, 0) is 12.8 Å². The van der Waals surface area contributed by atoms with Gasteiger partial charge in [-0.3, -0.25) is 9.59 Å². The topological polar surface area (TPSA) is 115 Å². The minimum absolute atomic E-state index is 0.101. The number of amides is 2. The second-order valence-corrected chi connectivity index (χ2v) is 6.94. The Labute approximate surface area is 157 Å². The van der Waals surface area contributed by atoms with Gasteiger partial charge in [0.1, 0.15) is 6.04 Å². The number of hydrogen-bond donors (Lipinski definition) is 4. The van der Waals surface area contributed by atoms with Gasteiger partial charge in [-0.2, -0.15) is 13.2 Å². The van der Waals surface area contributed by atoms with Crippen LogP contribution in [0.4, 0.5) is 18.3 Å². The quantitative estimate of drug-likeness (QED) is 0.456. The number of carbonyl (C=O) groups is 2. The molecule has 2 amide bonds. The minimum atomic E-state index is -4.54. The molecule has 4 N–H and O–H groups in total. The van der Waals surface area contributed by atoms with Gasteiger partial charge in [0.15, 0.2) is 10.8 Å². The van der Waals surface area contributed by atoms with Crippen LogP contribution in [0.5, 0.6) is 0 Å². The largest absolute Gasteiger partial charge is 0.475 e. The number of anilines is 1. The van der Waals surface area contributed by atoms with Crippen molar-refractivity contribution < 1.29 is 32.8 Å². The second kappa shape index (κ2) is 8.89. The van der Waals surface area contributed by atoms with Gasteiger partial charge < -0.3 is 25.6 Å². The summed E-state index contributed by atoms with van der Waals surface area (Å²) in [7, 11) is -1.71. The fraction of sp³-hybridized carbons (Fsp3) is 0.643. The first kappa shape index (κ1) is 21.4. The lowest BCUT2D eigenvalue weighted by molar-refractivity contribution is -0.140. The van der Waals surface area contributed by atoms with Crippen LogP contribution in [0.15, 0.2) is 5.38 Å². The second-order valence-electron chi connectivity index (χ2n) is 6.11. The van der Waals surface area contributed by atoms with E-state index in [0.29, 0.717) is 25.8 Å². The number of rotatable bonds is 8. The maximum atomic E-state index is 12.6. The van der Waals surface area contributed by atoms with Crippen molar-refractivity contribution in [3.8, 4) is 0 Å². The zero-order valence-corrected chi connectivity index (χ0v) is 15.3. The number of aromatic nitrogens is 1. The Morgan fingerprint density at radius 3 is 2.67 bits per heavy atom. The van der Waals surface area contributed by atoms with Crippen molar-refractivity contribution in [2.75, 3.05) is 18.0 Å². The number of nitrogens with zero attached hydrogens (tertiary/aromatic N) is 2. The highest BCUT2D eigenvalue weighted by Gasteiger charge is 2.39. The Morgan fingerprint density at radius 1 is 1.48 bits per heavy atom. The molecular formula is C14H20BF3N4O4S. The number of nitrogens with one attached hydrogen (secondary N) is 2. The van der Waals surface area contributed by atoms with Crippen LogP contribution in [0.2, 0.25) is 0 Å². The highest BCUT2D eigenvalue weighted by atomic mass is 32.1. The van der Waals surface area contributed by atoms with Crippen LogP contribution in [0, 0.1) is 0 Å². The van der Waals surface area contributed by atoms with Crippen molar-refractivity contribution in [1.29, 1.82) is 0 Å². The molecule has 1 aromatic rings. The number of alkyl halides is 3. The van der Waals surface area contributed by atoms with E-state index in [1.807, 2.05) is 6.92 Å². The van der Waals surface area contributed by atoms with E-state index in [4.69, 9.17) is 0 Å². The van der Waals surface area contributed by atoms with Gasteiger partial charge in [-0.15, -0.1) is 11.3 Å². The van der Waals surface area contributed by atoms with E-state index < -0.39 is 42.8 Å². The standard InChI is InChI=1S/C14H20BF3N4O4S/c1-2-3-10(15(25)26)21-11(23)6-19-12(24)8-4-5-22(8)13-20-9(7-27-13)14(16,17)18/h7-8,10,25-26H,2-6H2,1H3,(H,19,24)(H,21,23)/t8-,10?/m0/s1. The van der Waals surface area contributed by atoms with Crippen LogP contribution in [0.25, 0.3) is 0 Å². The average Bonchev–Trinajstić information content (AvgIpc) is 3.01. The first-order valence-electron chi connectivity index (χ1n) is 8.36. The lowest BCUT2D eigenvalue weighted by Crippen LogP contribution is -2.58. The Hall–Kier alpha value is -1.86. The first-order chi connectivity index (χ1) is 12.6. The third-order valence-electron chi connectivity index (χ3n) is 4.08. The molecule has 1 aliphatic rings. The zero-order valence-electron chi connectivity index (χ0n) is 14.5. The molecule has 0 saturated carbocycles. The lowest BCUT2D eigenvalue weighted by atomic mass is 9.77. The summed E-state index contributed by atoms with van der Waals surface area (Å²) in [4.78, 5) is 29.0. The fourth-order valence-corrected chi connectivity index (χ4v) is 3.47. The van der Waals surface area contributed by atoms with E-state index in [-0.39, 0.29) is 11.7 Å². The molecule has 1 unspecified atom stereocenters. The number of carbonyl (C=O) groups excluding carboxylic acids is 2. The van der Waals surface area contributed by atoms with Gasteiger partial charge in [-0.25, -0.2) is 4.98 Å². The van der Waals surface area contributed by atoms with Gasteiger partial charge in [-0.1, -0.05) is 13.3 Å². The number of halogens is 3. The van der Waals surface area contributed by atoms with E-state index in [9.17, 15) is 32.8 Å². The number of thiazole rings is 1. The van der Waals surface area contributed by atoms with Gasteiger partial charge in [0.25, 0.3) is 0 Å². The normalized spacial score (nSPS) is 17.9. The van der Waals surface area contributed by atoms with Crippen molar-refractivity contribution in [3.05, 3.63) is 11.1 Å². The fourth-order valence-electron chi connectivity index (χ4n) is 2.57. The summed E-state index contributed by atoms with van der Waals surface area (Å²) in [6.45, 7) is 1.84. The monoisotopic (exact) mass is 408 g/mol. The van der Waals surface area contributed by atoms with Crippen LogP contribution in [-0.4, -0.2) is 59.0 Å². The SMILES string of the molecule is CCCC(NC(=O)CNC(=O)[C@@H]1CCN1c1nc(C(F)(F)F)cs1)B(O)O. The third-order valence-corrected chi connectivity index (χ3v) is 4.96. The smallest absolute Gasteiger partial charge is 0.426 e. The summed E-state index contributed by atoms with van der Waals surface area (Å²) in [6, 6.07) is -0.695. The van der Waals surface area contributed by atoms with Crippen molar-refractivity contribution in [1.82, 2.24) is 15.6 Å². The maximum Gasteiger partial charge on any atom is 0.475 e. The van der Waals surface area contributed by atoms with E-state index in [1.165, 1.54) is 4.90 Å². The lowest BCUT2D eigenvalue weighted by Gasteiger charge is -2.39. The molecule has 2 rings (SSSR count). The minimum Gasteiger partial charge on any atom is -0.426 e. The van der Waals surface area contributed by atoms with E-state index in [0.717, 1.165) is 16.7 Å². The molecule has 0 radical (unpaired) electrons. The summed E-state index contributed by atoms with van der Waals surface area (Å²) in [5.74, 6) is -1.93. The molecule has 13 heteroatoms. The van der Waals surface area contributed by atoms with E-state index in [1.54, 1.807) is 0 Å². The molecule has 8 nitrogen and oxygen atoms in total. The molecular weight excluding hydrogens is 388 g/mol. The summed E-state index contributed by atoms with van der Waals surface area (Å²) >= 11 is 0.803. The Kier molecular flexibility index (Phi) is 7.06. The van der Waals surface area contributed by atoms with Crippen LogP contribution >= 0.6 is 11.3 Å². The van der Waals surface area contributed by atoms with Crippen LogP contribution in [0.1, 0.15) is 31.9 Å². The molecule has 2 heterocycles. The van der Waals surface area contributed by atoms with Crippen molar-refractivity contribution in [3.63, 3.8) is 0 Å². The van der Waals surface area contributed by atoms with Crippen molar-refractivity contribution >= 4 is 35.4 Å². The Morgan fingerprint density at radius 2 is 2.19 bits per heavy atom. The van der Waals surface area contributed by atoms with Crippen LogP contribution < -0.4 is 15.5 Å². The molecule has 2 atom stereocenters. The summed E-state index contributed by atoms with van der Waals surface area (Å²) < 4.78 is 37.9. The molecule has 0 aromatic carbocycles.